The first-order valence-corrected chi connectivity index (χ1v) is 3.50. The maximum absolute atomic E-state index is 13.1. The molecule has 0 atom stereocenters. The van der Waals surface area contributed by atoms with Crippen LogP contribution in [0.3, 0.4) is 0 Å². The molecule has 9 heteroatoms. The Hall–Kier alpha value is -2.19. The fourth-order valence-electron chi connectivity index (χ4n) is 0.963. The van der Waals surface area contributed by atoms with Gasteiger partial charge in [0.15, 0.2) is 11.6 Å². The average Bonchev–Trinajstić information content (AvgIpc) is 2.22. The number of aromatic carboxylic acids is 1. The Morgan fingerprint density at radius 2 is 1.56 bits per heavy atom. The molecule has 2 N–H and O–H groups in total. The molecule has 0 aliphatic heterocycles. The van der Waals surface area contributed by atoms with Crippen LogP contribution < -0.4 is 9.88 Å². The van der Waals surface area contributed by atoms with Gasteiger partial charge < -0.3 is 10.2 Å². The highest BCUT2D eigenvalue weighted by molar-refractivity contribution is 5.90. The van der Waals surface area contributed by atoms with Gasteiger partial charge in [-0.05, 0) is 0 Å². The summed E-state index contributed by atoms with van der Waals surface area (Å²) in [5, 5.41) is 17.2. The smallest absolute Gasteiger partial charge is 0.342 e. The zero-order chi connectivity index (χ0) is 12.5. The van der Waals surface area contributed by atoms with Gasteiger partial charge in [0.1, 0.15) is 5.56 Å². The highest BCUT2D eigenvalue weighted by Crippen LogP contribution is 2.43. The fraction of sp³-hybridized carbons (Fsp3) is 0. The molecule has 16 heavy (non-hydrogen) atoms. The van der Waals surface area contributed by atoms with Crippen molar-refractivity contribution in [2.24, 2.45) is 0 Å². The number of rotatable bonds is 3. The topological polar surface area (TPSA) is 76.0 Å². The van der Waals surface area contributed by atoms with E-state index in [0.717, 1.165) is 0 Å². The Labute approximate surface area is 84.2 Å². The second kappa shape index (κ2) is 4.13. The summed E-state index contributed by atoms with van der Waals surface area (Å²) in [6, 6.07) is 0. The summed E-state index contributed by atoms with van der Waals surface area (Å²) in [7, 11) is 0. The maximum Gasteiger partial charge on any atom is 0.342 e. The number of hydrogen-bond donors (Lipinski definition) is 2. The second-order valence-corrected chi connectivity index (χ2v) is 2.47. The molecule has 0 fully saturated rings. The van der Waals surface area contributed by atoms with Gasteiger partial charge in [-0.25, -0.2) is 13.6 Å². The molecule has 0 saturated heterocycles. The van der Waals surface area contributed by atoms with Gasteiger partial charge in [-0.3, -0.25) is 9.88 Å². The van der Waals surface area contributed by atoms with Gasteiger partial charge in [-0.1, -0.05) is 0 Å². The number of halogens is 4. The zero-order valence-corrected chi connectivity index (χ0v) is 7.13. The van der Waals surface area contributed by atoms with E-state index in [1.807, 2.05) is 0 Å². The van der Waals surface area contributed by atoms with Gasteiger partial charge in [0.25, 0.3) is 11.5 Å². The number of phenols is 1. The molecule has 1 aromatic carbocycles. The summed E-state index contributed by atoms with van der Waals surface area (Å²) < 4.78 is 49.6. The van der Waals surface area contributed by atoms with Crippen molar-refractivity contribution in [2.45, 2.75) is 0 Å². The van der Waals surface area contributed by atoms with E-state index in [1.165, 1.54) is 0 Å². The fourth-order valence-corrected chi connectivity index (χ4v) is 0.963. The van der Waals surface area contributed by atoms with E-state index in [2.05, 4.69) is 9.88 Å². The van der Waals surface area contributed by atoms with Crippen LogP contribution in [-0.4, -0.2) is 16.2 Å². The van der Waals surface area contributed by atoms with Crippen molar-refractivity contribution in [2.75, 3.05) is 0 Å². The van der Waals surface area contributed by atoms with Crippen LogP contribution in [0, 0.1) is 11.6 Å². The second-order valence-electron chi connectivity index (χ2n) is 2.47. The molecule has 0 aliphatic rings. The van der Waals surface area contributed by atoms with Gasteiger partial charge in [-0.15, -0.1) is 0 Å². The number of aromatic hydroxyl groups is 1. The van der Waals surface area contributed by atoms with Crippen LogP contribution >= 0.6 is 0 Å². The first-order chi connectivity index (χ1) is 7.45. The highest BCUT2D eigenvalue weighted by atomic mass is 19.3. The Bertz CT molecular complexity index is 447. The molecule has 0 spiro atoms. The summed E-state index contributed by atoms with van der Waals surface area (Å²) >= 11 is 0. The summed E-state index contributed by atoms with van der Waals surface area (Å²) in [4.78, 5) is 15.9. The van der Waals surface area contributed by atoms with E-state index in [9.17, 15) is 22.6 Å². The monoisotopic (exact) mass is 242 g/mol. The van der Waals surface area contributed by atoms with Crippen molar-refractivity contribution in [3.05, 3.63) is 17.2 Å². The predicted molar refractivity (Wildman–Crippen MR) is 38.5 cm³/mol. The van der Waals surface area contributed by atoms with Crippen LogP contribution in [0.4, 0.5) is 17.8 Å². The van der Waals surface area contributed by atoms with E-state index < -0.39 is 40.4 Å². The standard InChI is InChI=1S/C7H2F4O5/c8-2-1(7(13)14)3(9)5(15-10)6(16-11)4(2)12/h12H,(H,13,14). The third-order valence-electron chi connectivity index (χ3n) is 1.64. The normalized spacial score (nSPS) is 10.0. The van der Waals surface area contributed by atoms with Gasteiger partial charge in [0.05, 0.1) is 0 Å². The van der Waals surface area contributed by atoms with Crippen LogP contribution in [0.25, 0.3) is 0 Å². The van der Waals surface area contributed by atoms with E-state index in [-0.39, 0.29) is 0 Å². The van der Waals surface area contributed by atoms with Gasteiger partial charge >= 0.3 is 5.97 Å². The van der Waals surface area contributed by atoms with Crippen LogP contribution in [0.5, 0.6) is 17.2 Å². The maximum atomic E-state index is 13.1. The Balaban J connectivity index is 3.69. The van der Waals surface area contributed by atoms with E-state index in [4.69, 9.17) is 10.2 Å². The largest absolute Gasteiger partial charge is 0.502 e. The summed E-state index contributed by atoms with van der Waals surface area (Å²) in [6.07, 6.45) is 0. The molecule has 0 amide bonds. The van der Waals surface area contributed by atoms with E-state index >= 15 is 0 Å². The van der Waals surface area contributed by atoms with Crippen LogP contribution in [0.2, 0.25) is 0 Å². The van der Waals surface area contributed by atoms with Crippen LogP contribution in [0.1, 0.15) is 10.4 Å². The van der Waals surface area contributed by atoms with Crippen molar-refractivity contribution in [3.63, 3.8) is 0 Å². The first kappa shape index (κ1) is 11.9. The number of carboxylic acids is 1. The Morgan fingerprint density at radius 1 is 1.06 bits per heavy atom. The summed E-state index contributed by atoms with van der Waals surface area (Å²) in [6.45, 7) is 0. The molecule has 1 aromatic rings. The molecular formula is C7H2F4O5. The molecular weight excluding hydrogens is 240 g/mol. The minimum absolute atomic E-state index is 1.64. The molecule has 1 rings (SSSR count). The zero-order valence-electron chi connectivity index (χ0n) is 7.13. The lowest BCUT2D eigenvalue weighted by Crippen LogP contribution is -2.07. The molecule has 0 aromatic heterocycles. The number of carbonyl (C=O) groups is 1. The van der Waals surface area contributed by atoms with Crippen molar-refractivity contribution in [3.8, 4) is 17.2 Å². The Kier molecular flexibility index (Phi) is 3.06. The SMILES string of the molecule is O=C(O)c1c(F)c(O)c(OF)c(OF)c1F. The number of phenolic OH excluding ortho intramolecular Hbond substituents is 1. The minimum Gasteiger partial charge on any atom is -0.502 e. The molecule has 0 radical (unpaired) electrons. The van der Waals surface area contributed by atoms with Crippen molar-refractivity contribution >= 4 is 5.97 Å². The number of benzene rings is 1. The van der Waals surface area contributed by atoms with E-state index in [1.54, 1.807) is 0 Å². The van der Waals surface area contributed by atoms with Crippen molar-refractivity contribution in [1.29, 1.82) is 0 Å². The van der Waals surface area contributed by atoms with Crippen LogP contribution in [0.15, 0.2) is 0 Å². The molecule has 0 saturated carbocycles. The third-order valence-corrected chi connectivity index (χ3v) is 1.64. The van der Waals surface area contributed by atoms with Crippen molar-refractivity contribution in [1.82, 2.24) is 0 Å². The molecule has 0 aliphatic carbocycles. The highest BCUT2D eigenvalue weighted by Gasteiger charge is 2.32. The van der Waals surface area contributed by atoms with E-state index in [0.29, 0.717) is 0 Å². The molecule has 5 nitrogen and oxygen atoms in total. The van der Waals surface area contributed by atoms with Crippen molar-refractivity contribution < 1.29 is 42.7 Å². The first-order valence-electron chi connectivity index (χ1n) is 3.50. The van der Waals surface area contributed by atoms with Crippen LogP contribution in [-0.2, 0) is 0 Å². The molecule has 0 heterocycles. The quantitative estimate of drug-likeness (QED) is 0.791. The molecule has 0 unspecified atom stereocenters. The van der Waals surface area contributed by atoms with Gasteiger partial charge in [0, 0.05) is 9.05 Å². The van der Waals surface area contributed by atoms with Gasteiger partial charge in [-0.2, -0.15) is 0 Å². The summed E-state index contributed by atoms with van der Waals surface area (Å²) in [5.74, 6) is -11.3. The lowest BCUT2D eigenvalue weighted by atomic mass is 10.1. The lowest BCUT2D eigenvalue weighted by molar-refractivity contribution is -0.0444. The average molecular weight is 242 g/mol. The van der Waals surface area contributed by atoms with Gasteiger partial charge in [0.2, 0.25) is 5.75 Å². The Morgan fingerprint density at radius 3 is 1.94 bits per heavy atom. The molecule has 0 bridgehead atoms. The third kappa shape index (κ3) is 1.55. The number of carboxylic acid groups (broad SMARTS) is 1. The lowest BCUT2D eigenvalue weighted by Gasteiger charge is -2.07. The minimum atomic E-state index is -2.14. The number of hydrogen-bond acceptors (Lipinski definition) is 4. The molecule has 88 valence electrons. The summed E-state index contributed by atoms with van der Waals surface area (Å²) in [5.41, 5.74) is -1.70. The predicted octanol–water partition coefficient (Wildman–Crippen LogP) is 1.90.